The number of amides is 1. The fourth-order valence-electron chi connectivity index (χ4n) is 1.61. The van der Waals surface area contributed by atoms with E-state index in [0.717, 1.165) is 25.9 Å². The lowest BCUT2D eigenvalue weighted by Crippen LogP contribution is -2.36. The second-order valence-electron chi connectivity index (χ2n) is 3.36. The van der Waals surface area contributed by atoms with E-state index >= 15 is 0 Å². The molecule has 0 aliphatic carbocycles. The van der Waals surface area contributed by atoms with E-state index in [1.54, 1.807) is 6.07 Å². The first kappa shape index (κ1) is 9.05. The first-order chi connectivity index (χ1) is 6.88. The van der Waals surface area contributed by atoms with Crippen molar-refractivity contribution in [3.8, 4) is 0 Å². The Morgan fingerprint density at radius 2 is 2.07 bits per heavy atom. The third kappa shape index (κ3) is 1.86. The van der Waals surface area contributed by atoms with Crippen molar-refractivity contribution in [1.29, 1.82) is 0 Å². The fourth-order valence-corrected chi connectivity index (χ4v) is 1.61. The van der Waals surface area contributed by atoms with Gasteiger partial charge >= 0.3 is 0 Å². The largest absolute Gasteiger partial charge is 0.337 e. The lowest BCUT2D eigenvalue weighted by atomic mass is 10.1. The Hall–Kier alpha value is -1.52. The average Bonchev–Trinajstić information content (AvgIpc) is 2.30. The predicted octanol–water partition coefficient (Wildman–Crippen LogP) is 0.498. The molecule has 1 amide bonds. The van der Waals surface area contributed by atoms with Crippen molar-refractivity contribution in [1.82, 2.24) is 20.3 Å². The predicted molar refractivity (Wildman–Crippen MR) is 49.6 cm³/mol. The van der Waals surface area contributed by atoms with Crippen LogP contribution >= 0.6 is 0 Å². The van der Waals surface area contributed by atoms with Gasteiger partial charge in [0.1, 0.15) is 0 Å². The topological polar surface area (TPSA) is 59.0 Å². The minimum atomic E-state index is -0.0281. The number of piperidine rings is 1. The van der Waals surface area contributed by atoms with E-state index in [9.17, 15) is 4.79 Å². The average molecular weight is 192 g/mol. The van der Waals surface area contributed by atoms with Crippen LogP contribution in [0.25, 0.3) is 0 Å². The molecule has 1 aromatic heterocycles. The first-order valence-corrected chi connectivity index (χ1v) is 4.81. The molecule has 0 saturated carbocycles. The molecule has 0 radical (unpaired) electrons. The number of hydrogen-bond acceptors (Lipinski definition) is 4. The van der Waals surface area contributed by atoms with Crippen molar-refractivity contribution in [3.05, 3.63) is 18.0 Å². The highest BCUT2D eigenvalue weighted by Crippen LogP contribution is 2.10. The summed E-state index contributed by atoms with van der Waals surface area (Å²) in [6, 6.07) is 1.60. The first-order valence-electron chi connectivity index (χ1n) is 4.81. The summed E-state index contributed by atoms with van der Waals surface area (Å²) in [5.41, 5.74) is 0.391. The van der Waals surface area contributed by atoms with Gasteiger partial charge in [-0.15, -0.1) is 10.2 Å². The van der Waals surface area contributed by atoms with E-state index in [1.165, 1.54) is 12.6 Å². The third-order valence-corrected chi connectivity index (χ3v) is 2.37. The molecule has 5 heteroatoms. The molecule has 1 aromatic rings. The van der Waals surface area contributed by atoms with E-state index in [-0.39, 0.29) is 5.91 Å². The van der Waals surface area contributed by atoms with Gasteiger partial charge in [-0.25, -0.2) is 0 Å². The van der Waals surface area contributed by atoms with Gasteiger partial charge in [-0.2, -0.15) is 0 Å². The van der Waals surface area contributed by atoms with Crippen molar-refractivity contribution in [2.24, 2.45) is 0 Å². The van der Waals surface area contributed by atoms with Crippen molar-refractivity contribution in [2.45, 2.75) is 19.3 Å². The van der Waals surface area contributed by atoms with Gasteiger partial charge < -0.3 is 4.90 Å². The Morgan fingerprint density at radius 3 is 2.71 bits per heavy atom. The van der Waals surface area contributed by atoms with Crippen LogP contribution in [-0.4, -0.2) is 39.3 Å². The van der Waals surface area contributed by atoms with Crippen LogP contribution in [0.5, 0.6) is 0 Å². The Labute approximate surface area is 82.1 Å². The van der Waals surface area contributed by atoms with Crippen molar-refractivity contribution in [3.63, 3.8) is 0 Å². The molecule has 5 nitrogen and oxygen atoms in total. The van der Waals surface area contributed by atoms with Gasteiger partial charge in [-0.1, -0.05) is 0 Å². The molecule has 14 heavy (non-hydrogen) atoms. The molecule has 0 spiro atoms. The second kappa shape index (κ2) is 4.13. The van der Waals surface area contributed by atoms with Gasteiger partial charge in [0.15, 0.2) is 5.69 Å². The Kier molecular flexibility index (Phi) is 2.67. The summed E-state index contributed by atoms with van der Waals surface area (Å²) in [4.78, 5) is 13.6. The van der Waals surface area contributed by atoms with E-state index in [0.29, 0.717) is 5.69 Å². The molecule has 2 rings (SSSR count). The number of likely N-dealkylation sites (tertiary alicyclic amines) is 1. The molecule has 2 heterocycles. The van der Waals surface area contributed by atoms with Crippen LogP contribution in [0.3, 0.4) is 0 Å². The van der Waals surface area contributed by atoms with E-state index < -0.39 is 0 Å². The number of rotatable bonds is 1. The molecular formula is C9H12N4O. The molecular weight excluding hydrogens is 180 g/mol. The number of nitrogens with zero attached hydrogens (tertiary/aromatic N) is 4. The van der Waals surface area contributed by atoms with Crippen LogP contribution in [-0.2, 0) is 0 Å². The summed E-state index contributed by atoms with van der Waals surface area (Å²) < 4.78 is 0. The lowest BCUT2D eigenvalue weighted by molar-refractivity contribution is 0.0716. The van der Waals surface area contributed by atoms with E-state index in [4.69, 9.17) is 0 Å². The van der Waals surface area contributed by atoms with Crippen LogP contribution in [0, 0.1) is 0 Å². The number of aromatic nitrogens is 3. The van der Waals surface area contributed by atoms with Crippen LogP contribution in [0.1, 0.15) is 29.8 Å². The maximum Gasteiger partial charge on any atom is 0.274 e. The molecule has 0 aromatic carbocycles. The van der Waals surface area contributed by atoms with Gasteiger partial charge in [0, 0.05) is 13.1 Å². The van der Waals surface area contributed by atoms with E-state index in [2.05, 4.69) is 15.4 Å². The third-order valence-electron chi connectivity index (χ3n) is 2.37. The van der Waals surface area contributed by atoms with E-state index in [1.807, 2.05) is 4.90 Å². The van der Waals surface area contributed by atoms with Crippen LogP contribution in [0.15, 0.2) is 12.3 Å². The van der Waals surface area contributed by atoms with Gasteiger partial charge in [0.25, 0.3) is 5.91 Å². The second-order valence-corrected chi connectivity index (χ2v) is 3.36. The summed E-state index contributed by atoms with van der Waals surface area (Å²) in [6.45, 7) is 1.67. The molecule has 0 N–H and O–H groups in total. The van der Waals surface area contributed by atoms with Crippen LogP contribution in [0.2, 0.25) is 0 Å². The maximum absolute atomic E-state index is 11.8. The summed E-state index contributed by atoms with van der Waals surface area (Å²) in [5, 5.41) is 10.7. The highest BCUT2D eigenvalue weighted by molar-refractivity contribution is 5.92. The zero-order chi connectivity index (χ0) is 9.80. The monoisotopic (exact) mass is 192 g/mol. The maximum atomic E-state index is 11.8. The molecule has 1 saturated heterocycles. The SMILES string of the molecule is O=C(c1ccnnn1)N1CCCCC1. The number of carbonyl (C=O) groups is 1. The van der Waals surface area contributed by atoms with Gasteiger partial charge in [0.2, 0.25) is 0 Å². The zero-order valence-corrected chi connectivity index (χ0v) is 7.89. The normalized spacial score (nSPS) is 16.7. The molecule has 74 valence electrons. The summed E-state index contributed by atoms with van der Waals surface area (Å²) in [5.74, 6) is -0.0281. The summed E-state index contributed by atoms with van der Waals surface area (Å²) in [7, 11) is 0. The fraction of sp³-hybridized carbons (Fsp3) is 0.556. The van der Waals surface area contributed by atoms with Crippen LogP contribution < -0.4 is 0 Å². The van der Waals surface area contributed by atoms with Gasteiger partial charge in [0.05, 0.1) is 6.20 Å². The minimum absolute atomic E-state index is 0.0281. The molecule has 0 unspecified atom stereocenters. The van der Waals surface area contributed by atoms with Crippen molar-refractivity contribution >= 4 is 5.91 Å². The number of hydrogen-bond donors (Lipinski definition) is 0. The molecule has 0 atom stereocenters. The van der Waals surface area contributed by atoms with Gasteiger partial charge in [-0.3, -0.25) is 4.79 Å². The van der Waals surface area contributed by atoms with Crippen LogP contribution in [0.4, 0.5) is 0 Å². The highest BCUT2D eigenvalue weighted by Gasteiger charge is 2.18. The highest BCUT2D eigenvalue weighted by atomic mass is 16.2. The Bertz CT molecular complexity index is 308. The molecule has 1 aliphatic heterocycles. The molecule has 1 fully saturated rings. The van der Waals surface area contributed by atoms with Crippen molar-refractivity contribution in [2.75, 3.05) is 13.1 Å². The number of carbonyl (C=O) groups excluding carboxylic acids is 1. The Morgan fingerprint density at radius 1 is 1.29 bits per heavy atom. The Balaban J connectivity index is 2.07. The smallest absolute Gasteiger partial charge is 0.274 e. The lowest BCUT2D eigenvalue weighted by Gasteiger charge is -2.25. The standard InChI is InChI=1S/C9H12N4O/c14-9(8-4-5-10-12-11-8)13-6-2-1-3-7-13/h4-5H,1-3,6-7H2. The van der Waals surface area contributed by atoms with Gasteiger partial charge in [-0.05, 0) is 30.5 Å². The quantitative estimate of drug-likeness (QED) is 0.650. The summed E-state index contributed by atoms with van der Waals surface area (Å²) >= 11 is 0. The van der Waals surface area contributed by atoms with Crippen molar-refractivity contribution < 1.29 is 4.79 Å². The molecule has 0 bridgehead atoms. The molecule has 1 aliphatic rings. The summed E-state index contributed by atoms with van der Waals surface area (Å²) in [6.07, 6.45) is 4.88. The zero-order valence-electron chi connectivity index (χ0n) is 7.89. The minimum Gasteiger partial charge on any atom is -0.337 e.